The van der Waals surface area contributed by atoms with Crippen molar-refractivity contribution in [2.75, 3.05) is 0 Å². The topological polar surface area (TPSA) is 86.9 Å². The fourth-order valence-corrected chi connectivity index (χ4v) is 2.36. The average molecular weight is 320 g/mol. The predicted molar refractivity (Wildman–Crippen MR) is 85.9 cm³/mol. The summed E-state index contributed by atoms with van der Waals surface area (Å²) in [6.07, 6.45) is 2.99. The molecular formula is C17H12N4O3. The van der Waals surface area contributed by atoms with E-state index in [4.69, 9.17) is 8.94 Å². The first-order chi connectivity index (χ1) is 11.7. The summed E-state index contributed by atoms with van der Waals surface area (Å²) in [7, 11) is 1.66. The van der Waals surface area contributed by atoms with E-state index in [-0.39, 0.29) is 11.4 Å². The number of nitrogens with zero attached hydrogens (tertiary/aromatic N) is 4. The molecule has 118 valence electrons. The second-order valence-electron chi connectivity index (χ2n) is 5.19. The van der Waals surface area contributed by atoms with Crippen LogP contribution in [0.25, 0.3) is 34.3 Å². The van der Waals surface area contributed by atoms with E-state index < -0.39 is 0 Å². The molecule has 0 unspecified atom stereocenters. The maximum Gasteiger partial charge on any atom is 0.280 e. The van der Waals surface area contributed by atoms with E-state index >= 15 is 0 Å². The highest BCUT2D eigenvalue weighted by Crippen LogP contribution is 2.30. The second-order valence-corrected chi connectivity index (χ2v) is 5.19. The Morgan fingerprint density at radius 1 is 1.04 bits per heavy atom. The fourth-order valence-electron chi connectivity index (χ4n) is 2.36. The molecule has 0 amide bonds. The van der Waals surface area contributed by atoms with Crippen molar-refractivity contribution in [3.8, 4) is 34.3 Å². The Morgan fingerprint density at radius 2 is 1.88 bits per heavy atom. The second kappa shape index (κ2) is 5.62. The first-order valence-corrected chi connectivity index (χ1v) is 7.22. The predicted octanol–water partition coefficient (Wildman–Crippen LogP) is 2.76. The van der Waals surface area contributed by atoms with Crippen LogP contribution in [0.5, 0.6) is 0 Å². The average Bonchev–Trinajstić information content (AvgIpc) is 3.26. The fraction of sp³-hybridized carbons (Fsp3) is 0.0588. The molecular weight excluding hydrogens is 308 g/mol. The lowest BCUT2D eigenvalue weighted by Crippen LogP contribution is -2.14. The minimum absolute atomic E-state index is 0.106. The molecule has 7 heteroatoms. The molecule has 0 atom stereocenters. The number of aromatic nitrogens is 4. The Bertz CT molecular complexity index is 1050. The number of oxazole rings is 1. The third-order valence-corrected chi connectivity index (χ3v) is 3.58. The summed E-state index contributed by atoms with van der Waals surface area (Å²) < 4.78 is 12.3. The molecule has 0 saturated heterocycles. The van der Waals surface area contributed by atoms with Gasteiger partial charge >= 0.3 is 0 Å². The van der Waals surface area contributed by atoms with Crippen LogP contribution < -0.4 is 5.56 Å². The van der Waals surface area contributed by atoms with Gasteiger partial charge in [0, 0.05) is 30.4 Å². The lowest BCUT2D eigenvalue weighted by atomic mass is 10.1. The van der Waals surface area contributed by atoms with Crippen molar-refractivity contribution < 1.29 is 8.94 Å². The van der Waals surface area contributed by atoms with Crippen molar-refractivity contribution in [2.45, 2.75) is 0 Å². The van der Waals surface area contributed by atoms with Gasteiger partial charge in [0.1, 0.15) is 0 Å². The summed E-state index contributed by atoms with van der Waals surface area (Å²) in [5, 5.41) is 3.96. The molecule has 0 N–H and O–H groups in total. The van der Waals surface area contributed by atoms with E-state index in [9.17, 15) is 4.79 Å². The molecule has 3 heterocycles. The molecule has 0 saturated carbocycles. The Balaban J connectivity index is 1.75. The quantitative estimate of drug-likeness (QED) is 0.577. The van der Waals surface area contributed by atoms with Crippen molar-refractivity contribution in [2.24, 2.45) is 7.05 Å². The van der Waals surface area contributed by atoms with E-state index in [0.717, 1.165) is 5.56 Å². The van der Waals surface area contributed by atoms with Crippen LogP contribution >= 0.6 is 0 Å². The zero-order valence-corrected chi connectivity index (χ0v) is 12.7. The summed E-state index contributed by atoms with van der Waals surface area (Å²) in [5.74, 6) is 1.19. The number of pyridine rings is 1. The van der Waals surface area contributed by atoms with E-state index in [1.54, 1.807) is 19.3 Å². The smallest absolute Gasteiger partial charge is 0.280 e. The van der Waals surface area contributed by atoms with Gasteiger partial charge in [-0.3, -0.25) is 4.79 Å². The van der Waals surface area contributed by atoms with Crippen molar-refractivity contribution >= 4 is 0 Å². The molecule has 1 aromatic carbocycles. The van der Waals surface area contributed by atoms with E-state index in [0.29, 0.717) is 22.8 Å². The van der Waals surface area contributed by atoms with Gasteiger partial charge in [0.15, 0.2) is 17.8 Å². The highest BCUT2D eigenvalue weighted by atomic mass is 16.5. The minimum Gasteiger partial charge on any atom is -0.443 e. The van der Waals surface area contributed by atoms with Gasteiger partial charge in [-0.15, -0.1) is 0 Å². The van der Waals surface area contributed by atoms with Crippen LogP contribution in [0.2, 0.25) is 0 Å². The van der Waals surface area contributed by atoms with Gasteiger partial charge in [0.05, 0.1) is 0 Å². The van der Waals surface area contributed by atoms with Crippen molar-refractivity contribution in [1.29, 1.82) is 0 Å². The Morgan fingerprint density at radius 3 is 2.67 bits per heavy atom. The molecule has 0 aliphatic heterocycles. The van der Waals surface area contributed by atoms with Gasteiger partial charge in [-0.1, -0.05) is 35.5 Å². The Kier molecular flexibility index (Phi) is 3.31. The number of rotatable bonds is 3. The lowest BCUT2D eigenvalue weighted by Gasteiger charge is -1.98. The molecule has 0 radical (unpaired) electrons. The first kappa shape index (κ1) is 14.1. The van der Waals surface area contributed by atoms with Crippen LogP contribution in [-0.4, -0.2) is 19.7 Å². The summed E-state index contributed by atoms with van der Waals surface area (Å²) in [6.45, 7) is 0. The summed E-state index contributed by atoms with van der Waals surface area (Å²) in [6, 6.07) is 12.7. The normalized spacial score (nSPS) is 10.9. The number of hydrogen-bond acceptors (Lipinski definition) is 6. The molecule has 4 aromatic rings. The molecule has 0 bridgehead atoms. The molecule has 0 spiro atoms. The Hall–Kier alpha value is -3.48. The lowest BCUT2D eigenvalue weighted by molar-refractivity contribution is 0.431. The van der Waals surface area contributed by atoms with Crippen molar-refractivity contribution in [3.63, 3.8) is 0 Å². The zero-order valence-electron chi connectivity index (χ0n) is 12.7. The van der Waals surface area contributed by atoms with E-state index in [1.807, 2.05) is 30.3 Å². The first-order valence-electron chi connectivity index (χ1n) is 7.22. The largest absolute Gasteiger partial charge is 0.443 e. The Labute approximate surface area is 136 Å². The molecule has 0 aliphatic rings. The summed E-state index contributed by atoms with van der Waals surface area (Å²) in [5.41, 5.74) is 1.92. The van der Waals surface area contributed by atoms with Gasteiger partial charge in [-0.2, -0.15) is 4.98 Å². The van der Waals surface area contributed by atoms with Gasteiger partial charge in [0.25, 0.3) is 5.89 Å². The molecule has 4 rings (SSSR count). The van der Waals surface area contributed by atoms with Crippen molar-refractivity contribution in [1.82, 2.24) is 19.7 Å². The number of aryl methyl sites for hydroxylation is 1. The minimum atomic E-state index is -0.106. The SMILES string of the molecule is Cn1cc(-c2noc(-c3ncoc3-c3ccccc3)n2)ccc1=O. The maximum absolute atomic E-state index is 11.5. The van der Waals surface area contributed by atoms with Crippen LogP contribution in [0, 0.1) is 0 Å². The third kappa shape index (κ3) is 2.41. The summed E-state index contributed by atoms with van der Waals surface area (Å²) >= 11 is 0. The van der Waals surface area contributed by atoms with Crippen LogP contribution in [0.4, 0.5) is 0 Å². The molecule has 7 nitrogen and oxygen atoms in total. The van der Waals surface area contributed by atoms with Crippen LogP contribution in [0.3, 0.4) is 0 Å². The van der Waals surface area contributed by atoms with Crippen LogP contribution in [0.1, 0.15) is 0 Å². The molecule has 0 fully saturated rings. The maximum atomic E-state index is 11.5. The van der Waals surface area contributed by atoms with Gasteiger partial charge in [0.2, 0.25) is 11.4 Å². The van der Waals surface area contributed by atoms with Crippen molar-refractivity contribution in [3.05, 3.63) is 65.4 Å². The van der Waals surface area contributed by atoms with Crippen LogP contribution in [0.15, 0.2) is 68.8 Å². The van der Waals surface area contributed by atoms with Gasteiger partial charge in [-0.05, 0) is 6.07 Å². The number of benzene rings is 1. The van der Waals surface area contributed by atoms with Crippen LogP contribution in [-0.2, 0) is 7.05 Å². The molecule has 0 aliphatic carbocycles. The van der Waals surface area contributed by atoms with E-state index in [2.05, 4.69) is 15.1 Å². The highest BCUT2D eigenvalue weighted by Gasteiger charge is 2.19. The zero-order chi connectivity index (χ0) is 16.5. The highest BCUT2D eigenvalue weighted by molar-refractivity contribution is 5.72. The standard InChI is InChI=1S/C17H12N4O3/c1-21-9-12(7-8-13(21)22)16-19-17(24-20-16)14-15(23-10-18-14)11-5-3-2-4-6-11/h2-10H,1H3. The molecule has 3 aromatic heterocycles. The monoisotopic (exact) mass is 320 g/mol. The molecule has 24 heavy (non-hydrogen) atoms. The third-order valence-electron chi connectivity index (χ3n) is 3.58. The van der Waals surface area contributed by atoms with E-state index in [1.165, 1.54) is 17.0 Å². The summed E-state index contributed by atoms with van der Waals surface area (Å²) in [4.78, 5) is 20.0. The number of hydrogen-bond donors (Lipinski definition) is 0. The van der Waals surface area contributed by atoms with Gasteiger partial charge in [-0.25, -0.2) is 4.98 Å². The van der Waals surface area contributed by atoms with Gasteiger partial charge < -0.3 is 13.5 Å².